The number of ether oxygens (including phenoxy) is 2. The Hall–Kier alpha value is -2.54. The first-order chi connectivity index (χ1) is 11.4. The Bertz CT molecular complexity index is 861. The van der Waals surface area contributed by atoms with Crippen LogP contribution >= 0.6 is 0 Å². The number of methoxy groups -OCH3 is 1. The van der Waals surface area contributed by atoms with E-state index in [1.165, 1.54) is 11.4 Å². The molecule has 0 unspecified atom stereocenters. The van der Waals surface area contributed by atoms with E-state index in [0.29, 0.717) is 11.4 Å². The highest BCUT2D eigenvalue weighted by molar-refractivity contribution is 7.92. The number of nitrogens with zero attached hydrogens (tertiary/aromatic N) is 1. The van der Waals surface area contributed by atoms with Crippen LogP contribution in [0.25, 0.3) is 0 Å². The average molecular weight is 347 g/mol. The number of aryl methyl sites for hydroxylation is 1. The van der Waals surface area contributed by atoms with Gasteiger partial charge in [0, 0.05) is 0 Å². The van der Waals surface area contributed by atoms with Gasteiger partial charge >= 0.3 is 5.97 Å². The molecule has 0 amide bonds. The third-order valence-electron chi connectivity index (χ3n) is 3.81. The third kappa shape index (κ3) is 2.82. The Morgan fingerprint density at radius 3 is 2.50 bits per heavy atom. The predicted octanol–water partition coefficient (Wildman–Crippen LogP) is 2.12. The molecule has 2 aromatic carbocycles. The molecule has 2 aromatic rings. The van der Waals surface area contributed by atoms with Gasteiger partial charge in [-0.05, 0) is 31.2 Å². The van der Waals surface area contributed by atoms with Crippen molar-refractivity contribution in [1.29, 1.82) is 0 Å². The zero-order valence-electron chi connectivity index (χ0n) is 13.3. The van der Waals surface area contributed by atoms with E-state index in [-0.39, 0.29) is 11.4 Å². The van der Waals surface area contributed by atoms with Crippen molar-refractivity contribution in [3.05, 3.63) is 54.1 Å². The van der Waals surface area contributed by atoms with Crippen LogP contribution in [-0.2, 0) is 19.6 Å². The number of fused-ring (bicyclic) bond motifs is 1. The number of sulfonamides is 1. The van der Waals surface area contributed by atoms with Gasteiger partial charge in [-0.25, -0.2) is 13.2 Å². The summed E-state index contributed by atoms with van der Waals surface area (Å²) in [6, 6.07) is 13.3. The van der Waals surface area contributed by atoms with Crippen LogP contribution < -0.4 is 9.04 Å². The molecule has 0 aliphatic carbocycles. The Balaban J connectivity index is 2.07. The summed E-state index contributed by atoms with van der Waals surface area (Å²) in [6.45, 7) is 1.74. The highest BCUT2D eigenvalue weighted by Crippen LogP contribution is 2.36. The Morgan fingerprint density at radius 2 is 1.83 bits per heavy atom. The minimum absolute atomic E-state index is 0.139. The van der Waals surface area contributed by atoms with Gasteiger partial charge in [0.05, 0.1) is 24.2 Å². The van der Waals surface area contributed by atoms with Gasteiger partial charge in [-0.2, -0.15) is 0 Å². The lowest BCUT2D eigenvalue weighted by molar-refractivity contribution is -0.148. The van der Waals surface area contributed by atoms with Gasteiger partial charge in [0.25, 0.3) is 10.0 Å². The summed E-state index contributed by atoms with van der Waals surface area (Å²) < 4.78 is 37.6. The van der Waals surface area contributed by atoms with Crippen molar-refractivity contribution < 1.29 is 22.7 Å². The highest BCUT2D eigenvalue weighted by atomic mass is 32.2. The predicted molar refractivity (Wildman–Crippen MR) is 88.6 cm³/mol. The van der Waals surface area contributed by atoms with Crippen LogP contribution in [0.1, 0.15) is 5.56 Å². The van der Waals surface area contributed by atoms with E-state index in [1.807, 2.05) is 6.92 Å². The second kappa shape index (κ2) is 6.16. The number of hydrogen-bond acceptors (Lipinski definition) is 5. The van der Waals surface area contributed by atoms with Crippen LogP contribution in [0.15, 0.2) is 53.4 Å². The molecule has 1 aliphatic heterocycles. The van der Waals surface area contributed by atoms with Gasteiger partial charge in [-0.3, -0.25) is 4.31 Å². The molecule has 24 heavy (non-hydrogen) atoms. The normalized spacial score (nSPS) is 16.9. The zero-order valence-corrected chi connectivity index (χ0v) is 14.1. The maximum Gasteiger partial charge on any atom is 0.348 e. The molecule has 0 aromatic heterocycles. The van der Waals surface area contributed by atoms with Crippen LogP contribution in [0.3, 0.4) is 0 Å². The molecule has 0 spiro atoms. The van der Waals surface area contributed by atoms with Crippen molar-refractivity contribution in [3.63, 3.8) is 0 Å². The first-order valence-corrected chi connectivity index (χ1v) is 8.80. The average Bonchev–Trinajstić information content (AvgIpc) is 2.60. The van der Waals surface area contributed by atoms with Crippen LogP contribution in [-0.4, -0.2) is 34.1 Å². The van der Waals surface area contributed by atoms with Crippen molar-refractivity contribution in [1.82, 2.24) is 0 Å². The smallest absolute Gasteiger partial charge is 0.348 e. The molecule has 0 N–H and O–H groups in total. The molecular formula is C17H17NO5S. The number of esters is 1. The van der Waals surface area contributed by atoms with Crippen molar-refractivity contribution in [3.8, 4) is 5.75 Å². The number of para-hydroxylation sites is 2. The van der Waals surface area contributed by atoms with Gasteiger partial charge in [0.15, 0.2) is 0 Å². The quantitative estimate of drug-likeness (QED) is 0.795. The van der Waals surface area contributed by atoms with E-state index < -0.39 is 22.1 Å². The Kier molecular flexibility index (Phi) is 4.19. The molecule has 7 heteroatoms. The molecule has 0 radical (unpaired) electrons. The molecule has 3 rings (SSSR count). The number of anilines is 1. The lowest BCUT2D eigenvalue weighted by Gasteiger charge is -2.34. The van der Waals surface area contributed by atoms with E-state index in [9.17, 15) is 13.2 Å². The van der Waals surface area contributed by atoms with Crippen molar-refractivity contribution in [2.75, 3.05) is 18.0 Å². The second-order valence-corrected chi connectivity index (χ2v) is 7.31. The summed E-state index contributed by atoms with van der Waals surface area (Å²) in [6.07, 6.45) is -1.01. The summed E-state index contributed by atoms with van der Waals surface area (Å²) in [5.41, 5.74) is 1.36. The summed E-state index contributed by atoms with van der Waals surface area (Å²) in [5.74, 6) is -0.288. The number of hydrogen-bond donors (Lipinski definition) is 0. The van der Waals surface area contributed by atoms with Crippen LogP contribution in [0.5, 0.6) is 5.75 Å². The van der Waals surface area contributed by atoms with Gasteiger partial charge in [-0.15, -0.1) is 0 Å². The minimum atomic E-state index is -3.82. The molecule has 0 saturated heterocycles. The molecular weight excluding hydrogens is 330 g/mol. The molecule has 1 heterocycles. The van der Waals surface area contributed by atoms with Crippen LogP contribution in [0, 0.1) is 6.92 Å². The van der Waals surface area contributed by atoms with Gasteiger partial charge in [0.2, 0.25) is 6.10 Å². The van der Waals surface area contributed by atoms with Crippen LogP contribution in [0.4, 0.5) is 5.69 Å². The number of carbonyl (C=O) groups excluding carboxylic acids is 1. The van der Waals surface area contributed by atoms with E-state index in [1.54, 1.807) is 48.5 Å². The van der Waals surface area contributed by atoms with E-state index in [0.717, 1.165) is 5.56 Å². The topological polar surface area (TPSA) is 72.9 Å². The van der Waals surface area contributed by atoms with E-state index in [2.05, 4.69) is 0 Å². The monoisotopic (exact) mass is 347 g/mol. The Morgan fingerprint density at radius 1 is 1.17 bits per heavy atom. The zero-order chi connectivity index (χ0) is 17.3. The minimum Gasteiger partial charge on any atom is -0.475 e. The standard InChI is InChI=1S/C17H17NO5S/c1-12-7-9-13(10-8-12)24(20,21)18-11-16(17(19)22-2)23-15-6-4-3-5-14(15)18/h3-10,16H,11H2,1-2H3/t16-/m1/s1. The fourth-order valence-corrected chi connectivity index (χ4v) is 4.00. The third-order valence-corrected chi connectivity index (χ3v) is 5.60. The molecule has 1 aliphatic rings. The van der Waals surface area contributed by atoms with E-state index >= 15 is 0 Å². The van der Waals surface area contributed by atoms with Crippen molar-refractivity contribution in [2.24, 2.45) is 0 Å². The first kappa shape index (κ1) is 16.3. The number of rotatable bonds is 3. The van der Waals surface area contributed by atoms with Crippen molar-refractivity contribution >= 4 is 21.7 Å². The molecule has 126 valence electrons. The largest absolute Gasteiger partial charge is 0.475 e. The van der Waals surface area contributed by atoms with Gasteiger partial charge in [0.1, 0.15) is 5.75 Å². The maximum atomic E-state index is 13.0. The lowest BCUT2D eigenvalue weighted by Crippen LogP contribution is -2.47. The SMILES string of the molecule is COC(=O)[C@H]1CN(S(=O)(=O)c2ccc(C)cc2)c2ccccc2O1. The molecule has 6 nitrogen and oxygen atoms in total. The van der Waals surface area contributed by atoms with E-state index in [4.69, 9.17) is 9.47 Å². The fraction of sp³-hybridized carbons (Fsp3) is 0.235. The fourth-order valence-electron chi connectivity index (χ4n) is 2.52. The van der Waals surface area contributed by atoms with Crippen LogP contribution in [0.2, 0.25) is 0 Å². The first-order valence-electron chi connectivity index (χ1n) is 7.36. The van der Waals surface area contributed by atoms with Gasteiger partial charge in [-0.1, -0.05) is 29.8 Å². The summed E-state index contributed by atoms with van der Waals surface area (Å²) in [7, 11) is -2.58. The number of carbonyl (C=O) groups is 1. The Labute approximate surface area is 140 Å². The molecule has 1 atom stereocenters. The molecule has 0 bridgehead atoms. The second-order valence-electron chi connectivity index (χ2n) is 5.45. The lowest BCUT2D eigenvalue weighted by atomic mass is 10.2. The summed E-state index contributed by atoms with van der Waals surface area (Å²) >= 11 is 0. The van der Waals surface area contributed by atoms with Crippen molar-refractivity contribution in [2.45, 2.75) is 17.9 Å². The molecule has 0 saturated carbocycles. The maximum absolute atomic E-state index is 13.0. The summed E-state index contributed by atoms with van der Waals surface area (Å²) in [5, 5.41) is 0. The summed E-state index contributed by atoms with van der Waals surface area (Å²) in [4.78, 5) is 12.0. The molecule has 0 fully saturated rings. The highest BCUT2D eigenvalue weighted by Gasteiger charge is 2.37. The number of benzene rings is 2. The van der Waals surface area contributed by atoms with Gasteiger partial charge < -0.3 is 9.47 Å².